The van der Waals surface area contributed by atoms with Crippen LogP contribution in [0.15, 0.2) is 23.7 Å². The highest BCUT2D eigenvalue weighted by Crippen LogP contribution is 2.37. The number of rotatable bonds is 5. The van der Waals surface area contributed by atoms with Crippen LogP contribution in [-0.4, -0.2) is 15.0 Å². The molecule has 1 saturated carbocycles. The van der Waals surface area contributed by atoms with E-state index in [0.717, 1.165) is 18.2 Å². The van der Waals surface area contributed by atoms with E-state index in [1.165, 1.54) is 30.6 Å². The van der Waals surface area contributed by atoms with Crippen molar-refractivity contribution < 1.29 is 0 Å². The zero-order valence-electron chi connectivity index (χ0n) is 11.2. The van der Waals surface area contributed by atoms with Crippen molar-refractivity contribution in [3.63, 3.8) is 0 Å². The van der Waals surface area contributed by atoms with E-state index < -0.39 is 0 Å². The average Bonchev–Trinajstić information content (AvgIpc) is 3.13. The van der Waals surface area contributed by atoms with Gasteiger partial charge in [-0.3, -0.25) is 4.68 Å². The molecule has 0 aromatic carbocycles. The van der Waals surface area contributed by atoms with Crippen LogP contribution in [0, 0.1) is 5.92 Å². The van der Waals surface area contributed by atoms with Gasteiger partial charge in [0, 0.05) is 24.5 Å². The molecule has 5 heteroatoms. The van der Waals surface area contributed by atoms with Crippen LogP contribution in [0.25, 0.3) is 0 Å². The highest BCUT2D eigenvalue weighted by molar-refractivity contribution is 7.10. The van der Waals surface area contributed by atoms with Gasteiger partial charge >= 0.3 is 0 Å². The summed E-state index contributed by atoms with van der Waals surface area (Å²) >= 11 is 1.86. The van der Waals surface area contributed by atoms with E-state index in [1.807, 2.05) is 29.3 Å². The minimum absolute atomic E-state index is 0.484. The number of nitrogens with one attached hydrogen (secondary N) is 1. The van der Waals surface area contributed by atoms with Crippen LogP contribution in [0.2, 0.25) is 0 Å². The average molecular weight is 276 g/mol. The van der Waals surface area contributed by atoms with E-state index in [-0.39, 0.29) is 0 Å². The summed E-state index contributed by atoms with van der Waals surface area (Å²) < 4.78 is 1.84. The Kier molecular flexibility index (Phi) is 3.94. The van der Waals surface area contributed by atoms with Gasteiger partial charge < -0.3 is 5.32 Å². The van der Waals surface area contributed by atoms with Crippen molar-refractivity contribution >= 4 is 11.3 Å². The fourth-order valence-corrected chi connectivity index (χ4v) is 3.84. The Hall–Kier alpha value is -1.20. The molecule has 2 aromatic heterocycles. The van der Waals surface area contributed by atoms with Crippen molar-refractivity contribution in [2.45, 2.75) is 38.3 Å². The quantitative estimate of drug-likeness (QED) is 0.913. The summed E-state index contributed by atoms with van der Waals surface area (Å²) in [5.41, 5.74) is 1.14. The van der Waals surface area contributed by atoms with Crippen LogP contribution >= 0.6 is 11.3 Å². The lowest BCUT2D eigenvalue weighted by Gasteiger charge is -2.23. The van der Waals surface area contributed by atoms with Crippen LogP contribution in [0.3, 0.4) is 0 Å². The number of hydrogen-bond acceptors (Lipinski definition) is 4. The summed E-state index contributed by atoms with van der Waals surface area (Å²) in [6.07, 6.45) is 7.29. The molecule has 0 radical (unpaired) electrons. The molecule has 2 aromatic rings. The third-order valence-electron chi connectivity index (χ3n) is 4.03. The lowest BCUT2D eigenvalue weighted by molar-refractivity contribution is 0.367. The number of nitrogens with zero attached hydrogens (tertiary/aromatic N) is 3. The molecular formula is C14H20N4S. The lowest BCUT2D eigenvalue weighted by Crippen LogP contribution is -2.27. The SMILES string of the molecule is Cn1nncc1CNC(c1cccs1)C1CCCC1. The van der Waals surface area contributed by atoms with Crippen LogP contribution < -0.4 is 5.32 Å². The Balaban J connectivity index is 1.71. The van der Waals surface area contributed by atoms with E-state index in [9.17, 15) is 0 Å². The second-order valence-electron chi connectivity index (χ2n) is 5.27. The van der Waals surface area contributed by atoms with Gasteiger partial charge in [0.1, 0.15) is 0 Å². The Morgan fingerprint density at radius 1 is 1.47 bits per heavy atom. The van der Waals surface area contributed by atoms with E-state index in [0.29, 0.717) is 6.04 Å². The van der Waals surface area contributed by atoms with Crippen molar-refractivity contribution in [2.24, 2.45) is 13.0 Å². The maximum absolute atomic E-state index is 3.98. The number of aromatic nitrogens is 3. The monoisotopic (exact) mass is 276 g/mol. The summed E-state index contributed by atoms with van der Waals surface area (Å²) in [5.74, 6) is 0.778. The van der Waals surface area contributed by atoms with E-state index in [4.69, 9.17) is 0 Å². The fourth-order valence-electron chi connectivity index (χ4n) is 2.94. The van der Waals surface area contributed by atoms with Gasteiger partial charge in [-0.2, -0.15) is 0 Å². The van der Waals surface area contributed by atoms with E-state index in [1.54, 1.807) is 0 Å². The minimum Gasteiger partial charge on any atom is -0.303 e. The molecule has 0 aliphatic heterocycles. The van der Waals surface area contributed by atoms with Gasteiger partial charge in [-0.25, -0.2) is 0 Å². The predicted octanol–water partition coefficient (Wildman–Crippen LogP) is 2.90. The van der Waals surface area contributed by atoms with Gasteiger partial charge in [-0.15, -0.1) is 16.4 Å². The molecule has 1 N–H and O–H groups in total. The molecule has 0 spiro atoms. The zero-order valence-corrected chi connectivity index (χ0v) is 12.1. The molecule has 102 valence electrons. The molecule has 3 rings (SSSR count). The minimum atomic E-state index is 0.484. The van der Waals surface area contributed by atoms with Gasteiger partial charge in [0.25, 0.3) is 0 Å². The normalized spacial score (nSPS) is 17.9. The third kappa shape index (κ3) is 2.87. The van der Waals surface area contributed by atoms with Crippen LogP contribution in [-0.2, 0) is 13.6 Å². The first-order chi connectivity index (χ1) is 9.34. The van der Waals surface area contributed by atoms with Crippen LogP contribution in [0.5, 0.6) is 0 Å². The van der Waals surface area contributed by atoms with Gasteiger partial charge in [-0.1, -0.05) is 24.1 Å². The summed E-state index contributed by atoms with van der Waals surface area (Å²) in [6.45, 7) is 0.836. The fraction of sp³-hybridized carbons (Fsp3) is 0.571. The standard InChI is InChI=1S/C14H20N4S/c1-18-12(10-16-17-18)9-15-14(11-5-2-3-6-11)13-7-4-8-19-13/h4,7-8,10-11,14-15H,2-3,5-6,9H2,1H3. The van der Waals surface area contributed by atoms with Gasteiger partial charge in [0.05, 0.1) is 11.9 Å². The van der Waals surface area contributed by atoms with Crippen molar-refractivity contribution in [1.29, 1.82) is 0 Å². The van der Waals surface area contributed by atoms with Crippen LogP contribution in [0.1, 0.15) is 42.3 Å². The lowest BCUT2D eigenvalue weighted by atomic mass is 9.96. The first-order valence-corrected chi connectivity index (χ1v) is 7.83. The molecule has 0 bridgehead atoms. The molecule has 0 amide bonds. The van der Waals surface area contributed by atoms with Gasteiger partial charge in [-0.05, 0) is 30.2 Å². The maximum Gasteiger partial charge on any atom is 0.0738 e. The van der Waals surface area contributed by atoms with Crippen molar-refractivity contribution in [2.75, 3.05) is 0 Å². The molecule has 19 heavy (non-hydrogen) atoms. The molecule has 2 heterocycles. The summed E-state index contributed by atoms with van der Waals surface area (Å²) in [5, 5.41) is 13.8. The van der Waals surface area contributed by atoms with Gasteiger partial charge in [0.2, 0.25) is 0 Å². The van der Waals surface area contributed by atoms with E-state index in [2.05, 4.69) is 33.1 Å². The summed E-state index contributed by atoms with van der Waals surface area (Å²) in [4.78, 5) is 1.46. The second-order valence-corrected chi connectivity index (χ2v) is 6.25. The van der Waals surface area contributed by atoms with Gasteiger partial charge in [0.15, 0.2) is 0 Å². The topological polar surface area (TPSA) is 42.7 Å². The summed E-state index contributed by atoms with van der Waals surface area (Å²) in [6, 6.07) is 4.88. The van der Waals surface area contributed by atoms with Crippen LogP contribution in [0.4, 0.5) is 0 Å². The molecule has 1 aliphatic carbocycles. The predicted molar refractivity (Wildman–Crippen MR) is 76.9 cm³/mol. The summed E-state index contributed by atoms with van der Waals surface area (Å²) in [7, 11) is 1.94. The zero-order chi connectivity index (χ0) is 13.1. The molecular weight excluding hydrogens is 256 g/mol. The third-order valence-corrected chi connectivity index (χ3v) is 4.99. The molecule has 1 atom stereocenters. The van der Waals surface area contributed by atoms with E-state index >= 15 is 0 Å². The number of thiophene rings is 1. The highest BCUT2D eigenvalue weighted by atomic mass is 32.1. The molecule has 1 fully saturated rings. The number of hydrogen-bond donors (Lipinski definition) is 1. The molecule has 4 nitrogen and oxygen atoms in total. The maximum atomic E-state index is 3.98. The molecule has 1 aliphatic rings. The smallest absolute Gasteiger partial charge is 0.0738 e. The number of aryl methyl sites for hydroxylation is 1. The Morgan fingerprint density at radius 3 is 2.95 bits per heavy atom. The molecule has 0 saturated heterocycles. The highest BCUT2D eigenvalue weighted by Gasteiger charge is 2.26. The second kappa shape index (κ2) is 5.84. The van der Waals surface area contributed by atoms with Crippen molar-refractivity contribution in [3.05, 3.63) is 34.3 Å². The first-order valence-electron chi connectivity index (χ1n) is 6.95. The Morgan fingerprint density at radius 2 is 2.32 bits per heavy atom. The van der Waals surface area contributed by atoms with Crippen molar-refractivity contribution in [3.8, 4) is 0 Å². The Bertz CT molecular complexity index is 499. The Labute approximate surface area is 117 Å². The first kappa shape index (κ1) is 12.8. The van der Waals surface area contributed by atoms with Crippen molar-refractivity contribution in [1.82, 2.24) is 20.3 Å². The largest absolute Gasteiger partial charge is 0.303 e. The molecule has 1 unspecified atom stereocenters.